The Morgan fingerprint density at radius 1 is 0.906 bits per heavy atom. The molecule has 9 heteroatoms. The van der Waals surface area contributed by atoms with Gasteiger partial charge < -0.3 is 13.8 Å². The zero-order valence-corrected chi connectivity index (χ0v) is 18.8. The molecule has 0 fully saturated rings. The van der Waals surface area contributed by atoms with Gasteiger partial charge in [-0.15, -0.1) is 0 Å². The zero-order chi connectivity index (χ0) is 23.6. The molecular formula is C23H26N2O6S. The van der Waals surface area contributed by atoms with Crippen LogP contribution >= 0.6 is 0 Å². The number of quaternary nitrogens is 1. The van der Waals surface area contributed by atoms with Crippen LogP contribution in [0.5, 0.6) is 5.75 Å². The summed E-state index contributed by atoms with van der Waals surface area (Å²) in [5.74, 6) is 0.946. The fraction of sp³-hybridized carbons (Fsp3) is 0.217. The van der Waals surface area contributed by atoms with E-state index in [1.54, 1.807) is 0 Å². The van der Waals surface area contributed by atoms with E-state index in [0.29, 0.717) is 0 Å². The minimum Gasteiger partial charge on any atom is -0.744 e. The van der Waals surface area contributed by atoms with Crippen LogP contribution < -0.4 is 4.74 Å². The van der Waals surface area contributed by atoms with Crippen LogP contribution in [0.25, 0.3) is 0 Å². The molecule has 0 radical (unpaired) electrons. The maximum atomic E-state index is 10.4. The summed E-state index contributed by atoms with van der Waals surface area (Å²) in [4.78, 5) is 8.82. The van der Waals surface area contributed by atoms with Gasteiger partial charge in [-0.1, -0.05) is 54.6 Å². The highest BCUT2D eigenvalue weighted by Gasteiger charge is 2.15. The molecule has 0 aromatic heterocycles. The third-order valence-corrected chi connectivity index (χ3v) is 5.31. The largest absolute Gasteiger partial charge is 0.744 e. The van der Waals surface area contributed by atoms with E-state index in [-0.39, 0.29) is 0 Å². The Morgan fingerprint density at radius 3 is 2.06 bits per heavy atom. The smallest absolute Gasteiger partial charge is 0.270 e. The molecule has 0 aliphatic rings. The van der Waals surface area contributed by atoms with Crippen molar-refractivity contribution in [2.24, 2.45) is 0 Å². The van der Waals surface area contributed by atoms with Gasteiger partial charge in [0.1, 0.15) is 35.6 Å². The molecule has 0 spiro atoms. The number of rotatable bonds is 8. The van der Waals surface area contributed by atoms with Gasteiger partial charge in [-0.3, -0.25) is 10.1 Å². The van der Waals surface area contributed by atoms with Crippen molar-refractivity contribution in [2.75, 3.05) is 27.2 Å². The van der Waals surface area contributed by atoms with E-state index in [1.807, 2.05) is 30.3 Å². The third kappa shape index (κ3) is 8.84. The van der Waals surface area contributed by atoms with Crippen LogP contribution in [0.1, 0.15) is 5.56 Å². The Kier molecular flexibility index (Phi) is 8.89. The summed E-state index contributed by atoms with van der Waals surface area (Å²) in [5.41, 5.74) is 0.948. The number of likely N-dealkylation sites (N-methyl/N-ethyl adjacent to an activating group) is 1. The summed E-state index contributed by atoms with van der Waals surface area (Å²) in [5, 5.41) is 10.2. The summed E-state index contributed by atoms with van der Waals surface area (Å²) in [6, 6.07) is 24.6. The molecule has 0 N–H and O–H groups in total. The number of hydrogen-bond acceptors (Lipinski definition) is 6. The first-order chi connectivity index (χ1) is 15.1. The number of ether oxygens (including phenoxy) is 1. The number of non-ortho nitro benzene ring substituents is 1. The molecule has 3 rings (SSSR count). The Hall–Kier alpha value is -3.27. The average Bonchev–Trinajstić information content (AvgIpc) is 2.75. The minimum absolute atomic E-state index is 0.420. The first kappa shape index (κ1) is 25.0. The number of benzene rings is 3. The van der Waals surface area contributed by atoms with Crippen molar-refractivity contribution in [3.63, 3.8) is 0 Å². The lowest BCUT2D eigenvalue weighted by atomic mass is 10.2. The lowest BCUT2D eigenvalue weighted by Gasteiger charge is -2.29. The van der Waals surface area contributed by atoms with E-state index in [1.165, 1.54) is 5.56 Å². The maximum Gasteiger partial charge on any atom is 0.270 e. The molecule has 0 saturated carbocycles. The van der Waals surface area contributed by atoms with E-state index in [4.69, 9.17) is 4.74 Å². The lowest BCUT2D eigenvalue weighted by Crippen LogP contribution is -2.41. The SMILES string of the molecule is C[N+](C)(CCOc1ccccc1)Cc1ccccc1.O=[N+]([O-])c1cccc(S(=O)(=O)[O-])c1. The minimum atomic E-state index is -4.61. The van der Waals surface area contributed by atoms with Gasteiger partial charge >= 0.3 is 0 Å². The van der Waals surface area contributed by atoms with Crippen molar-refractivity contribution in [2.45, 2.75) is 11.4 Å². The molecule has 0 heterocycles. The zero-order valence-electron chi connectivity index (χ0n) is 18.0. The normalized spacial score (nSPS) is 11.2. The van der Waals surface area contributed by atoms with Crippen LogP contribution in [-0.2, 0) is 16.7 Å². The number of hydrogen-bond donors (Lipinski definition) is 0. The van der Waals surface area contributed by atoms with Crippen molar-refractivity contribution in [3.8, 4) is 5.75 Å². The van der Waals surface area contributed by atoms with E-state index in [0.717, 1.165) is 54.2 Å². The molecular weight excluding hydrogens is 432 g/mol. The van der Waals surface area contributed by atoms with E-state index >= 15 is 0 Å². The van der Waals surface area contributed by atoms with Crippen LogP contribution in [0.2, 0.25) is 0 Å². The van der Waals surface area contributed by atoms with Gasteiger partial charge in [-0.2, -0.15) is 0 Å². The second-order valence-electron chi connectivity index (χ2n) is 7.67. The Bertz CT molecular complexity index is 1100. The van der Waals surface area contributed by atoms with Crippen molar-refractivity contribution < 1.29 is 27.1 Å². The van der Waals surface area contributed by atoms with Gasteiger partial charge in [-0.05, 0) is 18.2 Å². The van der Waals surface area contributed by atoms with Gasteiger partial charge in [-0.25, -0.2) is 8.42 Å². The van der Waals surface area contributed by atoms with Crippen molar-refractivity contribution in [3.05, 3.63) is 101 Å². The highest BCUT2D eigenvalue weighted by Crippen LogP contribution is 2.16. The van der Waals surface area contributed by atoms with Crippen LogP contribution in [0.3, 0.4) is 0 Å². The molecule has 0 atom stereocenters. The van der Waals surface area contributed by atoms with Crippen molar-refractivity contribution >= 4 is 15.8 Å². The van der Waals surface area contributed by atoms with E-state index < -0.39 is 25.6 Å². The monoisotopic (exact) mass is 458 g/mol. The molecule has 0 unspecified atom stereocenters. The second-order valence-corrected chi connectivity index (χ2v) is 9.05. The number of nitro groups is 1. The van der Waals surface area contributed by atoms with Gasteiger partial charge in [0, 0.05) is 17.7 Å². The molecule has 0 saturated heterocycles. The summed E-state index contributed by atoms with van der Waals surface area (Å²) in [7, 11) is -0.138. The van der Waals surface area contributed by atoms with Gasteiger partial charge in [0.25, 0.3) is 5.69 Å². The van der Waals surface area contributed by atoms with Crippen LogP contribution in [0, 0.1) is 10.1 Å². The second kappa shape index (κ2) is 11.4. The highest BCUT2D eigenvalue weighted by molar-refractivity contribution is 7.85. The molecule has 32 heavy (non-hydrogen) atoms. The van der Waals surface area contributed by atoms with Crippen LogP contribution in [0.15, 0.2) is 89.8 Å². The van der Waals surface area contributed by atoms with Gasteiger partial charge in [0.15, 0.2) is 0 Å². The van der Waals surface area contributed by atoms with Crippen LogP contribution in [-0.4, -0.2) is 49.6 Å². The summed E-state index contributed by atoms with van der Waals surface area (Å²) in [6.07, 6.45) is 0. The number of nitro benzene ring substituents is 1. The number of nitrogens with zero attached hydrogens (tertiary/aromatic N) is 2. The molecule has 170 valence electrons. The predicted molar refractivity (Wildman–Crippen MR) is 120 cm³/mol. The Balaban J connectivity index is 0.000000244. The molecule has 0 amide bonds. The third-order valence-electron chi connectivity index (χ3n) is 4.48. The first-order valence-electron chi connectivity index (χ1n) is 9.81. The molecule has 3 aromatic rings. The molecule has 3 aromatic carbocycles. The standard InChI is InChI=1S/C17H22NO.C6H5NO5S/c1-18(2,15-16-9-5-3-6-10-16)13-14-19-17-11-7-4-8-12-17;8-7(9)5-2-1-3-6(4-5)13(10,11)12/h3-12H,13-15H2,1-2H3;1-4H,(H,10,11,12)/q+1;/p-1. The fourth-order valence-corrected chi connectivity index (χ4v) is 3.35. The topological polar surface area (TPSA) is 110 Å². The van der Waals surface area contributed by atoms with E-state index in [2.05, 4.69) is 44.4 Å². The quantitative estimate of drug-likeness (QED) is 0.220. The first-order valence-corrected chi connectivity index (χ1v) is 11.2. The Morgan fingerprint density at radius 2 is 1.50 bits per heavy atom. The molecule has 0 aliphatic carbocycles. The van der Waals surface area contributed by atoms with Crippen molar-refractivity contribution in [1.29, 1.82) is 0 Å². The molecule has 0 bridgehead atoms. The lowest BCUT2D eigenvalue weighted by molar-refractivity contribution is -0.903. The Labute approximate surface area is 188 Å². The molecule has 8 nitrogen and oxygen atoms in total. The molecule has 0 aliphatic heterocycles. The summed E-state index contributed by atoms with van der Waals surface area (Å²) >= 11 is 0. The number of para-hydroxylation sites is 1. The average molecular weight is 459 g/mol. The van der Waals surface area contributed by atoms with E-state index in [9.17, 15) is 23.1 Å². The summed E-state index contributed by atoms with van der Waals surface area (Å²) in [6.45, 7) is 2.76. The summed E-state index contributed by atoms with van der Waals surface area (Å²) < 4.78 is 38.0. The fourth-order valence-electron chi connectivity index (χ4n) is 2.84. The van der Waals surface area contributed by atoms with Crippen molar-refractivity contribution in [1.82, 2.24) is 0 Å². The predicted octanol–water partition coefficient (Wildman–Crippen LogP) is 3.84. The van der Waals surface area contributed by atoms with Gasteiger partial charge in [0.05, 0.1) is 23.9 Å². The maximum absolute atomic E-state index is 10.4. The highest BCUT2D eigenvalue weighted by atomic mass is 32.2. The van der Waals surface area contributed by atoms with Gasteiger partial charge in [0.2, 0.25) is 0 Å². The van der Waals surface area contributed by atoms with Crippen LogP contribution in [0.4, 0.5) is 5.69 Å².